The molecule has 1 fully saturated rings. The molecule has 1 saturated carbocycles. The topological polar surface area (TPSA) is 43.2 Å². The average Bonchev–Trinajstić information content (AvgIpc) is 3.32. The molecule has 2 aromatic rings. The molecule has 24 heavy (non-hydrogen) atoms. The van der Waals surface area contributed by atoms with E-state index in [1.165, 1.54) is 24.1 Å². The second-order valence-electron chi connectivity index (χ2n) is 7.06. The molecule has 0 amide bonds. The van der Waals surface area contributed by atoms with E-state index in [-0.39, 0.29) is 0 Å². The van der Waals surface area contributed by atoms with Gasteiger partial charge in [0.1, 0.15) is 0 Å². The van der Waals surface area contributed by atoms with Crippen LogP contribution < -0.4 is 0 Å². The van der Waals surface area contributed by atoms with Gasteiger partial charge in [0.15, 0.2) is 0 Å². The summed E-state index contributed by atoms with van der Waals surface area (Å²) in [6, 6.07) is 6.12. The molecule has 0 spiro atoms. The van der Waals surface area contributed by atoms with E-state index in [1.807, 2.05) is 12.3 Å². The van der Waals surface area contributed by atoms with Gasteiger partial charge in [0.05, 0.1) is 18.0 Å². The molecule has 4 rings (SSSR count). The van der Waals surface area contributed by atoms with Gasteiger partial charge in [-0.05, 0) is 37.8 Å². The fourth-order valence-corrected chi connectivity index (χ4v) is 3.43. The third-order valence-corrected chi connectivity index (χ3v) is 4.97. The van der Waals surface area contributed by atoms with Gasteiger partial charge in [-0.1, -0.05) is 6.07 Å². The van der Waals surface area contributed by atoms with Crippen LogP contribution in [-0.2, 0) is 24.4 Å². The number of ether oxygens (including phenoxy) is 1. The Morgan fingerprint density at radius 1 is 1.25 bits per heavy atom. The van der Waals surface area contributed by atoms with Crippen LogP contribution in [0.1, 0.15) is 42.6 Å². The summed E-state index contributed by atoms with van der Waals surface area (Å²) in [5.74, 6) is 1.23. The van der Waals surface area contributed by atoms with Crippen molar-refractivity contribution in [1.29, 1.82) is 0 Å². The van der Waals surface area contributed by atoms with E-state index in [1.54, 1.807) is 0 Å². The van der Waals surface area contributed by atoms with Gasteiger partial charge in [-0.25, -0.2) is 0 Å². The lowest BCUT2D eigenvalue weighted by atomic mass is 9.95. The van der Waals surface area contributed by atoms with Crippen molar-refractivity contribution in [2.75, 3.05) is 19.8 Å². The maximum atomic E-state index is 6.02. The lowest BCUT2D eigenvalue weighted by molar-refractivity contribution is 0.0887. The zero-order valence-electron chi connectivity index (χ0n) is 14.4. The maximum Gasteiger partial charge on any atom is 0.0801 e. The minimum atomic E-state index is 0.413. The number of aryl methyl sites for hydroxylation is 1. The highest BCUT2D eigenvalue weighted by atomic mass is 16.5. The molecule has 3 heterocycles. The minimum absolute atomic E-state index is 0.413. The van der Waals surface area contributed by atoms with Crippen molar-refractivity contribution >= 4 is 0 Å². The third-order valence-electron chi connectivity index (χ3n) is 4.97. The molecule has 128 valence electrons. The third kappa shape index (κ3) is 3.68. The predicted molar refractivity (Wildman–Crippen MR) is 92.5 cm³/mol. The Hall–Kier alpha value is -1.72. The SMILES string of the molecule is CCn1cc2c(n1)CN(Cc1ccccn1)CC2COCC1CC1. The largest absolute Gasteiger partial charge is 0.380 e. The van der Waals surface area contributed by atoms with E-state index in [2.05, 4.69) is 39.8 Å². The summed E-state index contributed by atoms with van der Waals surface area (Å²) < 4.78 is 8.07. The lowest BCUT2D eigenvalue weighted by Gasteiger charge is -2.31. The molecule has 2 aromatic heterocycles. The monoisotopic (exact) mass is 326 g/mol. The van der Waals surface area contributed by atoms with Crippen LogP contribution in [0.5, 0.6) is 0 Å². The minimum Gasteiger partial charge on any atom is -0.380 e. The van der Waals surface area contributed by atoms with Crippen LogP contribution in [0.2, 0.25) is 0 Å². The highest BCUT2D eigenvalue weighted by Crippen LogP contribution is 2.31. The fourth-order valence-electron chi connectivity index (χ4n) is 3.43. The summed E-state index contributed by atoms with van der Waals surface area (Å²) >= 11 is 0. The molecule has 1 unspecified atom stereocenters. The molecule has 0 N–H and O–H groups in total. The fraction of sp³-hybridized carbons (Fsp3) is 0.579. The van der Waals surface area contributed by atoms with E-state index >= 15 is 0 Å². The first-order valence-electron chi connectivity index (χ1n) is 9.08. The van der Waals surface area contributed by atoms with Crippen LogP contribution in [0.3, 0.4) is 0 Å². The Kier molecular flexibility index (Phi) is 4.63. The number of fused-ring (bicyclic) bond motifs is 1. The predicted octanol–water partition coefficient (Wildman–Crippen LogP) is 2.82. The van der Waals surface area contributed by atoms with Crippen molar-refractivity contribution in [3.05, 3.63) is 47.5 Å². The van der Waals surface area contributed by atoms with Crippen molar-refractivity contribution in [3.63, 3.8) is 0 Å². The zero-order chi connectivity index (χ0) is 16.4. The number of pyridine rings is 1. The van der Waals surface area contributed by atoms with Crippen LogP contribution in [0.15, 0.2) is 30.6 Å². The van der Waals surface area contributed by atoms with Crippen molar-refractivity contribution in [2.24, 2.45) is 5.92 Å². The van der Waals surface area contributed by atoms with Gasteiger partial charge in [0, 0.05) is 56.7 Å². The van der Waals surface area contributed by atoms with Crippen molar-refractivity contribution in [3.8, 4) is 0 Å². The second kappa shape index (κ2) is 7.03. The second-order valence-corrected chi connectivity index (χ2v) is 7.06. The Labute approximate surface area is 143 Å². The molecule has 0 aromatic carbocycles. The van der Waals surface area contributed by atoms with E-state index in [4.69, 9.17) is 9.84 Å². The van der Waals surface area contributed by atoms with Crippen LogP contribution in [0, 0.1) is 5.92 Å². The lowest BCUT2D eigenvalue weighted by Crippen LogP contribution is -2.35. The first-order chi connectivity index (χ1) is 11.8. The molecular formula is C19H26N4O. The smallest absolute Gasteiger partial charge is 0.0801 e. The maximum absolute atomic E-state index is 6.02. The van der Waals surface area contributed by atoms with Gasteiger partial charge in [0.25, 0.3) is 0 Å². The Morgan fingerprint density at radius 3 is 2.92 bits per heavy atom. The Balaban J connectivity index is 1.47. The number of aromatic nitrogens is 3. The molecule has 0 saturated heterocycles. The molecule has 5 nitrogen and oxygen atoms in total. The standard InChI is InChI=1S/C19H26N4O/c1-2-23-11-18-16(14-24-13-15-6-7-15)9-22(12-19(18)21-23)10-17-5-3-4-8-20-17/h3-5,8,11,15-16H,2,6-7,9-10,12-14H2,1H3. The molecule has 1 aliphatic carbocycles. The zero-order valence-corrected chi connectivity index (χ0v) is 14.4. The van der Waals surface area contributed by atoms with Crippen molar-refractivity contribution in [2.45, 2.75) is 45.3 Å². The van der Waals surface area contributed by atoms with E-state index in [0.717, 1.165) is 51.0 Å². The van der Waals surface area contributed by atoms with Crippen molar-refractivity contribution < 1.29 is 4.74 Å². The van der Waals surface area contributed by atoms with Crippen LogP contribution in [0.25, 0.3) is 0 Å². The highest BCUT2D eigenvalue weighted by Gasteiger charge is 2.29. The summed E-state index contributed by atoms with van der Waals surface area (Å²) in [6.45, 7) is 7.58. The van der Waals surface area contributed by atoms with E-state index in [0.29, 0.717) is 5.92 Å². The molecule has 0 radical (unpaired) electrons. The van der Waals surface area contributed by atoms with E-state index < -0.39 is 0 Å². The summed E-state index contributed by atoms with van der Waals surface area (Å²) in [5.41, 5.74) is 3.71. The highest BCUT2D eigenvalue weighted by molar-refractivity contribution is 5.25. The van der Waals surface area contributed by atoms with Crippen LogP contribution in [0.4, 0.5) is 0 Å². The summed E-state index contributed by atoms with van der Waals surface area (Å²) in [5, 5.41) is 4.77. The molecule has 1 atom stereocenters. The molecule has 5 heteroatoms. The summed E-state index contributed by atoms with van der Waals surface area (Å²) in [6.07, 6.45) is 6.77. The van der Waals surface area contributed by atoms with Gasteiger partial charge < -0.3 is 4.74 Å². The average molecular weight is 326 g/mol. The summed E-state index contributed by atoms with van der Waals surface area (Å²) in [7, 11) is 0. The number of nitrogens with zero attached hydrogens (tertiary/aromatic N) is 4. The normalized spacial score (nSPS) is 21.0. The molecule has 1 aliphatic heterocycles. The van der Waals surface area contributed by atoms with Gasteiger partial charge in [0.2, 0.25) is 0 Å². The number of hydrogen-bond donors (Lipinski definition) is 0. The first kappa shape index (κ1) is 15.8. The molecular weight excluding hydrogens is 300 g/mol. The quantitative estimate of drug-likeness (QED) is 0.785. The molecule has 0 bridgehead atoms. The van der Waals surface area contributed by atoms with Crippen molar-refractivity contribution in [1.82, 2.24) is 19.7 Å². The molecule has 2 aliphatic rings. The van der Waals surface area contributed by atoms with Gasteiger partial charge >= 0.3 is 0 Å². The Morgan fingerprint density at radius 2 is 2.17 bits per heavy atom. The summed E-state index contributed by atoms with van der Waals surface area (Å²) in [4.78, 5) is 6.92. The van der Waals surface area contributed by atoms with Crippen LogP contribution >= 0.6 is 0 Å². The first-order valence-corrected chi connectivity index (χ1v) is 9.08. The van der Waals surface area contributed by atoms with Gasteiger partial charge in [-0.2, -0.15) is 5.10 Å². The number of rotatable bonds is 7. The van der Waals surface area contributed by atoms with Gasteiger partial charge in [-0.15, -0.1) is 0 Å². The Bertz CT molecular complexity index is 665. The number of hydrogen-bond acceptors (Lipinski definition) is 4. The van der Waals surface area contributed by atoms with Gasteiger partial charge in [-0.3, -0.25) is 14.6 Å². The van der Waals surface area contributed by atoms with Crippen LogP contribution in [-0.4, -0.2) is 39.4 Å². The van der Waals surface area contributed by atoms with E-state index in [9.17, 15) is 0 Å².